The molecule has 3 aromatic rings. The van der Waals surface area contributed by atoms with Crippen LogP contribution in [0.2, 0.25) is 0 Å². The maximum absolute atomic E-state index is 12.2. The summed E-state index contributed by atoms with van der Waals surface area (Å²) in [6, 6.07) is 10.8. The van der Waals surface area contributed by atoms with Gasteiger partial charge in [0.15, 0.2) is 5.76 Å². The lowest BCUT2D eigenvalue weighted by atomic mass is 9.94. The molecule has 2 aromatic carbocycles. The number of carbonyl (C=O) groups excluding carboxylic acids is 2. The molecule has 3 N–H and O–H groups in total. The number of anilines is 1. The predicted molar refractivity (Wildman–Crippen MR) is 95.2 cm³/mol. The number of nitrogens with one attached hydrogen (secondary N) is 1. The average molecular weight is 365 g/mol. The molecule has 10 nitrogen and oxygen atoms in total. The van der Waals surface area contributed by atoms with Crippen LogP contribution in [-0.2, 0) is 0 Å². The van der Waals surface area contributed by atoms with Gasteiger partial charge in [-0.15, -0.1) is 0 Å². The van der Waals surface area contributed by atoms with E-state index in [9.17, 15) is 19.7 Å². The molecule has 0 atom stereocenters. The molecule has 1 aliphatic heterocycles. The van der Waals surface area contributed by atoms with E-state index in [2.05, 4.69) is 10.5 Å². The number of hydrazone groups is 1. The van der Waals surface area contributed by atoms with Crippen molar-refractivity contribution in [2.45, 2.75) is 0 Å². The molecule has 0 unspecified atom stereocenters. The summed E-state index contributed by atoms with van der Waals surface area (Å²) in [7, 11) is 0. The number of hydrogen-bond acceptors (Lipinski definition) is 8. The molecule has 0 saturated heterocycles. The van der Waals surface area contributed by atoms with E-state index in [0.29, 0.717) is 32.6 Å². The molecule has 1 aromatic heterocycles. The van der Waals surface area contributed by atoms with Gasteiger partial charge in [0.05, 0.1) is 29.1 Å². The molecule has 27 heavy (non-hydrogen) atoms. The summed E-state index contributed by atoms with van der Waals surface area (Å²) in [5.41, 5.74) is 3.97. The lowest BCUT2D eigenvalue weighted by Crippen LogP contribution is -2.45. The van der Waals surface area contributed by atoms with Gasteiger partial charge in [0, 0.05) is 10.8 Å². The lowest BCUT2D eigenvalue weighted by molar-refractivity contribution is -0.402. The highest BCUT2D eigenvalue weighted by Gasteiger charge is 2.31. The maximum Gasteiger partial charge on any atom is 0.433 e. The van der Waals surface area contributed by atoms with Gasteiger partial charge in [-0.2, -0.15) is 5.10 Å². The Kier molecular flexibility index (Phi) is 3.67. The van der Waals surface area contributed by atoms with Crippen LogP contribution >= 0.6 is 0 Å². The second-order valence-electron chi connectivity index (χ2n) is 5.67. The number of hydrazine groups is 1. The van der Waals surface area contributed by atoms with Gasteiger partial charge in [-0.3, -0.25) is 25.1 Å². The van der Waals surface area contributed by atoms with Gasteiger partial charge >= 0.3 is 5.88 Å². The molecule has 0 spiro atoms. The number of nitrogens with two attached hydrogens (primary N) is 1. The van der Waals surface area contributed by atoms with E-state index < -0.39 is 16.7 Å². The zero-order chi connectivity index (χ0) is 19.1. The van der Waals surface area contributed by atoms with Crippen LogP contribution < -0.4 is 11.3 Å². The first-order valence-corrected chi connectivity index (χ1v) is 7.70. The van der Waals surface area contributed by atoms with Crippen molar-refractivity contribution in [3.8, 4) is 0 Å². The Morgan fingerprint density at radius 1 is 1.11 bits per heavy atom. The van der Waals surface area contributed by atoms with E-state index in [4.69, 9.17) is 10.3 Å². The highest BCUT2D eigenvalue weighted by Crippen LogP contribution is 2.33. The van der Waals surface area contributed by atoms with E-state index in [1.165, 1.54) is 18.3 Å². The maximum atomic E-state index is 12.2. The highest BCUT2D eigenvalue weighted by atomic mass is 16.6. The van der Waals surface area contributed by atoms with Crippen LogP contribution in [0.5, 0.6) is 0 Å². The number of carbonyl (C=O) groups is 2. The van der Waals surface area contributed by atoms with E-state index in [-0.39, 0.29) is 11.6 Å². The first-order chi connectivity index (χ1) is 13.0. The smallest absolute Gasteiger partial charge is 0.400 e. The fourth-order valence-corrected chi connectivity index (χ4v) is 2.89. The van der Waals surface area contributed by atoms with Crippen LogP contribution in [0.3, 0.4) is 0 Å². The number of furan rings is 1. The van der Waals surface area contributed by atoms with Crippen molar-refractivity contribution in [2.75, 3.05) is 5.43 Å². The van der Waals surface area contributed by atoms with E-state index in [1.807, 2.05) is 0 Å². The summed E-state index contributed by atoms with van der Waals surface area (Å²) in [6.07, 6.45) is 1.28. The molecule has 0 radical (unpaired) electrons. The van der Waals surface area contributed by atoms with Gasteiger partial charge in [0.25, 0.3) is 11.8 Å². The Morgan fingerprint density at radius 2 is 1.85 bits per heavy atom. The zero-order valence-electron chi connectivity index (χ0n) is 13.6. The standard InChI is InChI=1S/C17H11N5O5/c18-21-16(23)11-3-1-2-10-13(6-5-12(15(10)11)17(21)24)20-19-8-9-4-7-14(27-9)22(25)26/h1-8,20H,18H2/b19-8+. The third kappa shape index (κ3) is 2.60. The van der Waals surface area contributed by atoms with E-state index in [1.54, 1.807) is 30.3 Å². The minimum absolute atomic E-state index is 0.195. The molecule has 10 heteroatoms. The summed E-state index contributed by atoms with van der Waals surface area (Å²) in [5, 5.41) is 16.3. The third-order valence-corrected chi connectivity index (χ3v) is 4.11. The van der Waals surface area contributed by atoms with Gasteiger partial charge in [0.1, 0.15) is 4.92 Å². The van der Waals surface area contributed by atoms with Crippen molar-refractivity contribution >= 4 is 40.4 Å². The Balaban J connectivity index is 1.70. The number of benzene rings is 2. The predicted octanol–water partition coefficient (Wildman–Crippen LogP) is 2.26. The Hall–Kier alpha value is -4.05. The number of nitro groups is 1. The summed E-state index contributed by atoms with van der Waals surface area (Å²) in [6.45, 7) is 0. The topological polar surface area (TPSA) is 144 Å². The molecule has 0 saturated carbocycles. The Labute approximate surface area is 151 Å². The number of nitrogens with zero attached hydrogens (tertiary/aromatic N) is 3. The molecule has 0 bridgehead atoms. The van der Waals surface area contributed by atoms with Gasteiger partial charge in [0.2, 0.25) is 0 Å². The number of amides is 2. The molecule has 134 valence electrons. The SMILES string of the molecule is NN1C(=O)c2cccc3c(N/N=C/c4ccc([N+](=O)[O-])o4)ccc(c23)C1=O. The quantitative estimate of drug-likeness (QED) is 0.180. The van der Waals surface area contributed by atoms with Gasteiger partial charge < -0.3 is 4.42 Å². The van der Waals surface area contributed by atoms with Crippen molar-refractivity contribution in [1.82, 2.24) is 5.01 Å². The molecule has 4 rings (SSSR count). The fourth-order valence-electron chi connectivity index (χ4n) is 2.89. The average Bonchev–Trinajstić information content (AvgIpc) is 3.14. The number of rotatable bonds is 4. The number of hydrogen-bond donors (Lipinski definition) is 2. The molecule has 0 fully saturated rings. The van der Waals surface area contributed by atoms with Crippen LogP contribution in [0.1, 0.15) is 26.5 Å². The second kappa shape index (κ2) is 6.04. The van der Waals surface area contributed by atoms with Crippen molar-refractivity contribution in [1.29, 1.82) is 0 Å². The fraction of sp³-hybridized carbons (Fsp3) is 0. The van der Waals surface area contributed by atoms with Gasteiger partial charge in [-0.05, 0) is 24.3 Å². The van der Waals surface area contributed by atoms with Crippen molar-refractivity contribution in [3.05, 3.63) is 69.5 Å². The first kappa shape index (κ1) is 16.4. The summed E-state index contributed by atoms with van der Waals surface area (Å²) >= 11 is 0. The molecule has 2 heterocycles. The number of imide groups is 1. The molecular weight excluding hydrogens is 354 g/mol. The van der Waals surface area contributed by atoms with Crippen LogP contribution in [-0.4, -0.2) is 28.0 Å². The molecule has 0 aliphatic carbocycles. The monoisotopic (exact) mass is 365 g/mol. The third-order valence-electron chi connectivity index (χ3n) is 4.11. The molecule has 1 aliphatic rings. The lowest BCUT2D eigenvalue weighted by Gasteiger charge is -2.23. The summed E-state index contributed by atoms with van der Waals surface area (Å²) in [5.74, 6) is 4.20. The van der Waals surface area contributed by atoms with Crippen LogP contribution in [0.4, 0.5) is 11.6 Å². The highest BCUT2D eigenvalue weighted by molar-refractivity contribution is 6.26. The molecule has 2 amide bonds. The van der Waals surface area contributed by atoms with E-state index >= 15 is 0 Å². The molecular formula is C17H11N5O5. The van der Waals surface area contributed by atoms with Gasteiger partial charge in [-0.25, -0.2) is 10.9 Å². The summed E-state index contributed by atoms with van der Waals surface area (Å²) in [4.78, 5) is 34.5. The van der Waals surface area contributed by atoms with Crippen molar-refractivity contribution < 1.29 is 18.9 Å². The van der Waals surface area contributed by atoms with Crippen LogP contribution in [0, 0.1) is 10.1 Å². The normalized spacial score (nSPS) is 13.6. The first-order valence-electron chi connectivity index (χ1n) is 7.70. The Morgan fingerprint density at radius 3 is 2.56 bits per heavy atom. The van der Waals surface area contributed by atoms with Crippen molar-refractivity contribution in [2.24, 2.45) is 10.9 Å². The van der Waals surface area contributed by atoms with Crippen LogP contribution in [0.25, 0.3) is 10.8 Å². The summed E-state index contributed by atoms with van der Waals surface area (Å²) < 4.78 is 4.98. The second-order valence-corrected chi connectivity index (χ2v) is 5.67. The van der Waals surface area contributed by atoms with Crippen molar-refractivity contribution in [3.63, 3.8) is 0 Å². The minimum Gasteiger partial charge on any atom is -0.400 e. The van der Waals surface area contributed by atoms with Crippen LogP contribution in [0.15, 0.2) is 52.0 Å². The largest absolute Gasteiger partial charge is 0.433 e. The van der Waals surface area contributed by atoms with E-state index in [0.717, 1.165) is 0 Å². The van der Waals surface area contributed by atoms with Gasteiger partial charge in [-0.1, -0.05) is 12.1 Å². The minimum atomic E-state index is -0.647. The zero-order valence-corrected chi connectivity index (χ0v) is 13.6. The Bertz CT molecular complexity index is 1130.